The van der Waals surface area contributed by atoms with Crippen LogP contribution in [-0.4, -0.2) is 23.3 Å². The van der Waals surface area contributed by atoms with Crippen molar-refractivity contribution in [1.82, 2.24) is 10.5 Å². The van der Waals surface area contributed by atoms with Gasteiger partial charge in [-0.05, 0) is 26.2 Å². The van der Waals surface area contributed by atoms with Crippen molar-refractivity contribution < 1.29 is 22.5 Å². The highest BCUT2D eigenvalue weighted by atomic mass is 19.4. The maximum atomic E-state index is 12.6. The van der Waals surface area contributed by atoms with Crippen LogP contribution >= 0.6 is 0 Å². The summed E-state index contributed by atoms with van der Waals surface area (Å²) in [6.45, 7) is 1.64. The molecule has 1 aliphatic carbocycles. The Morgan fingerprint density at radius 1 is 1.47 bits per heavy atom. The van der Waals surface area contributed by atoms with Gasteiger partial charge < -0.3 is 9.84 Å². The Morgan fingerprint density at radius 2 is 2.21 bits per heavy atom. The van der Waals surface area contributed by atoms with Crippen LogP contribution < -0.4 is 5.32 Å². The molecule has 19 heavy (non-hydrogen) atoms. The van der Waals surface area contributed by atoms with Gasteiger partial charge in [0.2, 0.25) is 0 Å². The normalized spacial score (nSPS) is 24.2. The van der Waals surface area contributed by atoms with Gasteiger partial charge in [0.1, 0.15) is 5.76 Å². The molecule has 0 aliphatic heterocycles. The van der Waals surface area contributed by atoms with Gasteiger partial charge in [-0.25, -0.2) is 0 Å². The molecule has 106 valence electrons. The highest BCUT2D eigenvalue weighted by molar-refractivity contribution is 5.92. The van der Waals surface area contributed by atoms with Gasteiger partial charge in [0.25, 0.3) is 5.91 Å². The number of alkyl halides is 3. The molecule has 2 atom stereocenters. The number of halogens is 3. The van der Waals surface area contributed by atoms with Gasteiger partial charge in [-0.2, -0.15) is 13.2 Å². The third-order valence-corrected chi connectivity index (χ3v) is 3.33. The molecule has 1 aliphatic rings. The summed E-state index contributed by atoms with van der Waals surface area (Å²) in [7, 11) is 0. The van der Waals surface area contributed by atoms with Crippen LogP contribution in [0.15, 0.2) is 10.6 Å². The molecule has 0 bridgehead atoms. The molecule has 1 heterocycles. The molecule has 1 saturated carbocycles. The molecule has 0 saturated heterocycles. The second-order valence-electron chi connectivity index (χ2n) is 4.90. The number of aromatic nitrogens is 1. The molecule has 1 aromatic rings. The van der Waals surface area contributed by atoms with Gasteiger partial charge in [-0.15, -0.1) is 0 Å². The summed E-state index contributed by atoms with van der Waals surface area (Å²) in [6, 6.07) is 1.00. The predicted molar refractivity (Wildman–Crippen MR) is 60.5 cm³/mol. The Morgan fingerprint density at radius 3 is 2.79 bits per heavy atom. The van der Waals surface area contributed by atoms with Crippen LogP contribution in [0.25, 0.3) is 0 Å². The predicted octanol–water partition coefficient (Wildman–Crippen LogP) is 2.83. The van der Waals surface area contributed by atoms with Crippen molar-refractivity contribution in [3.8, 4) is 0 Å². The summed E-state index contributed by atoms with van der Waals surface area (Å²) >= 11 is 0. The Labute approximate surface area is 108 Å². The van der Waals surface area contributed by atoms with Crippen molar-refractivity contribution in [2.24, 2.45) is 5.92 Å². The van der Waals surface area contributed by atoms with E-state index in [4.69, 9.17) is 4.52 Å². The van der Waals surface area contributed by atoms with Crippen molar-refractivity contribution in [3.05, 3.63) is 17.5 Å². The van der Waals surface area contributed by atoms with Gasteiger partial charge in [0.15, 0.2) is 5.69 Å². The molecule has 0 unspecified atom stereocenters. The van der Waals surface area contributed by atoms with Crippen molar-refractivity contribution in [2.45, 2.75) is 44.8 Å². The lowest BCUT2D eigenvalue weighted by Crippen LogP contribution is -2.41. The summed E-state index contributed by atoms with van der Waals surface area (Å²) in [4.78, 5) is 11.8. The number of aryl methyl sites for hydroxylation is 1. The standard InChI is InChI=1S/C12H15F3N2O2/c1-7-5-10(17-19-7)11(18)16-9-4-2-3-8(6-9)12(13,14)15/h5,8-9H,2-4,6H2,1H3,(H,16,18)/t8-,9-/m1/s1. The molecule has 4 nitrogen and oxygen atoms in total. The molecule has 0 radical (unpaired) electrons. The fourth-order valence-electron chi connectivity index (χ4n) is 2.35. The summed E-state index contributed by atoms with van der Waals surface area (Å²) < 4.78 is 42.7. The third kappa shape index (κ3) is 3.48. The summed E-state index contributed by atoms with van der Waals surface area (Å²) in [5, 5.41) is 6.13. The Balaban J connectivity index is 1.94. The van der Waals surface area contributed by atoms with Crippen molar-refractivity contribution >= 4 is 5.91 Å². The number of nitrogens with one attached hydrogen (secondary N) is 1. The first kappa shape index (κ1) is 13.9. The molecular formula is C12H15F3N2O2. The van der Waals surface area contributed by atoms with E-state index in [1.54, 1.807) is 6.92 Å². The minimum atomic E-state index is -4.19. The minimum absolute atomic E-state index is 0.0634. The molecule has 0 aromatic carbocycles. The lowest BCUT2D eigenvalue weighted by atomic mass is 9.85. The number of hydrogen-bond donors (Lipinski definition) is 1. The monoisotopic (exact) mass is 276 g/mol. The topological polar surface area (TPSA) is 55.1 Å². The van der Waals surface area contributed by atoms with Crippen molar-refractivity contribution in [1.29, 1.82) is 0 Å². The maximum absolute atomic E-state index is 12.6. The molecule has 1 fully saturated rings. The zero-order valence-electron chi connectivity index (χ0n) is 10.5. The summed E-state index contributed by atoms with van der Waals surface area (Å²) in [6.07, 6.45) is -3.08. The van der Waals surface area contributed by atoms with Crippen LogP contribution in [0.2, 0.25) is 0 Å². The van der Waals surface area contributed by atoms with Crippen LogP contribution in [0, 0.1) is 12.8 Å². The Kier molecular flexibility index (Phi) is 3.82. The average molecular weight is 276 g/mol. The minimum Gasteiger partial charge on any atom is -0.361 e. The van der Waals surface area contributed by atoms with Gasteiger partial charge in [0, 0.05) is 12.1 Å². The molecule has 1 amide bonds. The van der Waals surface area contributed by atoms with E-state index in [0.29, 0.717) is 18.6 Å². The summed E-state index contributed by atoms with van der Waals surface area (Å²) in [5.74, 6) is -1.32. The first-order chi connectivity index (χ1) is 8.86. The average Bonchev–Trinajstić information content (AvgIpc) is 2.75. The first-order valence-corrected chi connectivity index (χ1v) is 6.17. The van der Waals surface area contributed by atoms with Gasteiger partial charge in [0.05, 0.1) is 5.92 Å². The van der Waals surface area contributed by atoms with Gasteiger partial charge in [-0.1, -0.05) is 11.6 Å². The number of amides is 1. The fraction of sp³-hybridized carbons (Fsp3) is 0.667. The second kappa shape index (κ2) is 5.22. The van der Waals surface area contributed by atoms with Gasteiger partial charge >= 0.3 is 6.18 Å². The van der Waals surface area contributed by atoms with E-state index in [9.17, 15) is 18.0 Å². The number of nitrogens with zero attached hydrogens (tertiary/aromatic N) is 1. The molecule has 2 rings (SSSR count). The van der Waals surface area contributed by atoms with Crippen molar-refractivity contribution in [3.63, 3.8) is 0 Å². The SMILES string of the molecule is Cc1cc(C(=O)N[C@@H]2CCC[C@@H](C(F)(F)F)C2)no1. The van der Waals surface area contributed by atoms with E-state index in [-0.39, 0.29) is 18.5 Å². The molecule has 0 spiro atoms. The highest BCUT2D eigenvalue weighted by Gasteiger charge is 2.42. The third-order valence-electron chi connectivity index (χ3n) is 3.33. The maximum Gasteiger partial charge on any atom is 0.391 e. The summed E-state index contributed by atoms with van der Waals surface area (Å²) in [5.41, 5.74) is 0.103. The van der Waals surface area contributed by atoms with Crippen molar-refractivity contribution in [2.75, 3.05) is 0 Å². The number of rotatable bonds is 2. The number of carbonyl (C=O) groups excluding carboxylic acids is 1. The fourth-order valence-corrected chi connectivity index (χ4v) is 2.35. The van der Waals surface area contributed by atoms with Crippen LogP contribution in [0.4, 0.5) is 13.2 Å². The van der Waals surface area contributed by atoms with Crippen LogP contribution in [0.3, 0.4) is 0 Å². The van der Waals surface area contributed by atoms with Crippen LogP contribution in [0.1, 0.15) is 41.9 Å². The van der Waals surface area contributed by atoms with Gasteiger partial charge in [-0.3, -0.25) is 4.79 Å². The Bertz CT molecular complexity index is 456. The molecular weight excluding hydrogens is 261 g/mol. The lowest BCUT2D eigenvalue weighted by Gasteiger charge is -2.30. The van der Waals surface area contributed by atoms with Crippen LogP contribution in [0.5, 0.6) is 0 Å². The van der Waals surface area contributed by atoms with E-state index in [0.717, 1.165) is 0 Å². The largest absolute Gasteiger partial charge is 0.391 e. The molecule has 1 N–H and O–H groups in total. The molecule has 1 aromatic heterocycles. The number of carbonyl (C=O) groups is 1. The lowest BCUT2D eigenvalue weighted by molar-refractivity contribution is -0.183. The number of hydrogen-bond acceptors (Lipinski definition) is 3. The zero-order chi connectivity index (χ0) is 14.0. The molecule has 7 heteroatoms. The van der Waals surface area contributed by atoms with E-state index in [1.165, 1.54) is 6.07 Å². The quantitative estimate of drug-likeness (QED) is 0.903. The zero-order valence-corrected chi connectivity index (χ0v) is 10.5. The Hall–Kier alpha value is -1.53. The van der Waals surface area contributed by atoms with E-state index >= 15 is 0 Å². The van der Waals surface area contributed by atoms with E-state index < -0.39 is 24.0 Å². The van der Waals surface area contributed by atoms with E-state index in [1.807, 2.05) is 0 Å². The highest BCUT2D eigenvalue weighted by Crippen LogP contribution is 2.37. The van der Waals surface area contributed by atoms with E-state index in [2.05, 4.69) is 10.5 Å². The second-order valence-corrected chi connectivity index (χ2v) is 4.90. The van der Waals surface area contributed by atoms with Crippen LogP contribution in [-0.2, 0) is 0 Å². The smallest absolute Gasteiger partial charge is 0.361 e. The first-order valence-electron chi connectivity index (χ1n) is 6.17.